The standard InChI is InChI=1S/C21H27ClN4O4S2/c1-11-9-12(2)17(13(3)15(11)10-26(5)6)21(20(23)27)16(7-8-31-21)32(28,29)25-19-18(22)14(4)24-30-19/h7-9,16,25H,10H2,1-6H3,(H2,23,27). The fraction of sp³-hybridized carbons (Fsp3) is 0.429. The lowest BCUT2D eigenvalue weighted by molar-refractivity contribution is -0.120. The second-order valence-corrected chi connectivity index (χ2v) is 11.6. The molecule has 0 bridgehead atoms. The predicted octanol–water partition coefficient (Wildman–Crippen LogP) is 3.37. The normalized spacial score (nSPS) is 20.8. The molecule has 1 aliphatic rings. The Bertz CT molecular complexity index is 1210. The molecular formula is C21H27ClN4O4S2. The summed E-state index contributed by atoms with van der Waals surface area (Å²) in [5, 5.41) is 4.06. The first-order valence-corrected chi connectivity index (χ1v) is 12.7. The molecule has 1 aromatic carbocycles. The van der Waals surface area contributed by atoms with Crippen molar-refractivity contribution in [2.75, 3.05) is 18.8 Å². The summed E-state index contributed by atoms with van der Waals surface area (Å²) in [4.78, 5) is 15.0. The maximum atomic E-state index is 13.5. The second kappa shape index (κ2) is 8.74. The van der Waals surface area contributed by atoms with Crippen LogP contribution < -0.4 is 10.5 Å². The van der Waals surface area contributed by atoms with Crippen LogP contribution in [0.3, 0.4) is 0 Å². The molecule has 11 heteroatoms. The molecule has 0 radical (unpaired) electrons. The van der Waals surface area contributed by atoms with Gasteiger partial charge >= 0.3 is 0 Å². The van der Waals surface area contributed by atoms with E-state index in [9.17, 15) is 13.2 Å². The van der Waals surface area contributed by atoms with Gasteiger partial charge in [0, 0.05) is 6.54 Å². The number of aryl methyl sites for hydroxylation is 3. The van der Waals surface area contributed by atoms with Gasteiger partial charge in [-0.05, 0) is 75.0 Å². The number of carbonyl (C=O) groups excluding carboxylic acids is 1. The number of aromatic nitrogens is 1. The number of anilines is 1. The Morgan fingerprint density at radius 3 is 2.50 bits per heavy atom. The maximum Gasteiger partial charge on any atom is 0.257 e. The van der Waals surface area contributed by atoms with Gasteiger partial charge in [-0.25, -0.2) is 13.1 Å². The fourth-order valence-electron chi connectivity index (χ4n) is 4.24. The topological polar surface area (TPSA) is 119 Å². The van der Waals surface area contributed by atoms with Gasteiger partial charge in [0.05, 0.1) is 0 Å². The number of nitrogens with one attached hydrogen (secondary N) is 1. The minimum Gasteiger partial charge on any atom is -0.368 e. The van der Waals surface area contributed by atoms with Crippen molar-refractivity contribution in [3.8, 4) is 0 Å². The number of benzene rings is 1. The van der Waals surface area contributed by atoms with Gasteiger partial charge < -0.3 is 15.2 Å². The van der Waals surface area contributed by atoms with E-state index in [1.807, 2.05) is 45.8 Å². The van der Waals surface area contributed by atoms with Crippen LogP contribution >= 0.6 is 23.4 Å². The second-order valence-electron chi connectivity index (χ2n) is 8.25. The fourth-order valence-corrected chi connectivity index (χ4v) is 7.75. The van der Waals surface area contributed by atoms with E-state index in [1.54, 1.807) is 12.3 Å². The number of halogens is 1. The number of thioether (sulfide) groups is 1. The van der Waals surface area contributed by atoms with Crippen molar-refractivity contribution in [2.45, 2.75) is 44.2 Å². The summed E-state index contributed by atoms with van der Waals surface area (Å²) in [6, 6.07) is 1.97. The highest BCUT2D eigenvalue weighted by molar-refractivity contribution is 8.05. The lowest BCUT2D eigenvalue weighted by Gasteiger charge is -2.35. The lowest BCUT2D eigenvalue weighted by atomic mass is 9.83. The molecule has 2 atom stereocenters. The van der Waals surface area contributed by atoms with Crippen LogP contribution in [-0.4, -0.2) is 43.7 Å². The number of hydrogen-bond acceptors (Lipinski definition) is 7. The monoisotopic (exact) mass is 498 g/mol. The first-order chi connectivity index (χ1) is 14.8. The molecule has 0 saturated carbocycles. The first-order valence-electron chi connectivity index (χ1n) is 9.85. The summed E-state index contributed by atoms with van der Waals surface area (Å²) in [7, 11) is -0.284. The van der Waals surface area contributed by atoms with E-state index < -0.39 is 25.9 Å². The third-order valence-corrected chi connectivity index (χ3v) is 9.18. The van der Waals surface area contributed by atoms with E-state index in [1.165, 1.54) is 6.08 Å². The Kier molecular flexibility index (Phi) is 6.72. The van der Waals surface area contributed by atoms with Crippen molar-refractivity contribution in [3.63, 3.8) is 0 Å². The van der Waals surface area contributed by atoms with Crippen LogP contribution in [0.2, 0.25) is 5.02 Å². The molecule has 174 valence electrons. The Labute approximate surface area is 197 Å². The number of nitrogens with zero attached hydrogens (tertiary/aromatic N) is 2. The van der Waals surface area contributed by atoms with Crippen molar-refractivity contribution in [3.05, 3.63) is 56.1 Å². The molecule has 3 N–H and O–H groups in total. The molecule has 2 unspecified atom stereocenters. The number of hydrogen-bond donors (Lipinski definition) is 2. The summed E-state index contributed by atoms with van der Waals surface area (Å²) in [6.07, 6.45) is 1.47. The van der Waals surface area contributed by atoms with Crippen molar-refractivity contribution < 1.29 is 17.7 Å². The highest BCUT2D eigenvalue weighted by atomic mass is 35.5. The molecule has 0 spiro atoms. The van der Waals surface area contributed by atoms with Gasteiger partial charge in [-0.1, -0.05) is 28.9 Å². The van der Waals surface area contributed by atoms with E-state index in [4.69, 9.17) is 21.9 Å². The van der Waals surface area contributed by atoms with Crippen molar-refractivity contribution >= 4 is 45.2 Å². The van der Waals surface area contributed by atoms with Crippen LogP contribution in [0.4, 0.5) is 5.88 Å². The SMILES string of the molecule is Cc1cc(C)c(C2(C(N)=O)SC=CC2S(=O)(=O)Nc2onc(C)c2Cl)c(C)c1CN(C)C. The Balaban J connectivity index is 2.20. The highest BCUT2D eigenvalue weighted by Crippen LogP contribution is 2.51. The van der Waals surface area contributed by atoms with Crippen molar-refractivity contribution in [1.82, 2.24) is 10.1 Å². The molecular weight excluding hydrogens is 472 g/mol. The number of nitrogens with two attached hydrogens (primary N) is 1. The van der Waals surface area contributed by atoms with Gasteiger partial charge in [0.15, 0.2) is 0 Å². The number of sulfonamides is 1. The number of rotatable bonds is 7. The predicted molar refractivity (Wildman–Crippen MR) is 128 cm³/mol. The van der Waals surface area contributed by atoms with E-state index in [-0.39, 0.29) is 10.9 Å². The third kappa shape index (κ3) is 4.05. The molecule has 1 amide bonds. The van der Waals surface area contributed by atoms with Gasteiger partial charge in [0.2, 0.25) is 15.9 Å². The smallest absolute Gasteiger partial charge is 0.257 e. The van der Waals surface area contributed by atoms with Crippen molar-refractivity contribution in [1.29, 1.82) is 0 Å². The van der Waals surface area contributed by atoms with Gasteiger partial charge in [-0.3, -0.25) is 4.79 Å². The average Bonchev–Trinajstić information content (AvgIpc) is 3.25. The zero-order valence-corrected chi connectivity index (χ0v) is 21.2. The van der Waals surface area contributed by atoms with E-state index in [0.717, 1.165) is 34.0 Å². The van der Waals surface area contributed by atoms with Gasteiger partial charge in [-0.2, -0.15) is 0 Å². The van der Waals surface area contributed by atoms with Crippen molar-refractivity contribution in [2.24, 2.45) is 5.73 Å². The van der Waals surface area contributed by atoms with Crippen LogP contribution in [0, 0.1) is 27.7 Å². The minimum absolute atomic E-state index is 0.0591. The quantitative estimate of drug-likeness (QED) is 0.600. The first kappa shape index (κ1) is 24.6. The molecule has 3 rings (SSSR count). The Morgan fingerprint density at radius 2 is 1.97 bits per heavy atom. The summed E-state index contributed by atoms with van der Waals surface area (Å²) in [6.45, 7) is 8.01. The van der Waals surface area contributed by atoms with Gasteiger partial charge in [0.25, 0.3) is 5.88 Å². The molecule has 0 saturated heterocycles. The summed E-state index contributed by atoms with van der Waals surface area (Å²) in [5.41, 5.74) is 10.6. The van der Waals surface area contributed by atoms with Gasteiger partial charge in [0.1, 0.15) is 20.7 Å². The van der Waals surface area contributed by atoms with E-state index in [2.05, 4.69) is 9.88 Å². The highest BCUT2D eigenvalue weighted by Gasteiger charge is 2.55. The summed E-state index contributed by atoms with van der Waals surface area (Å²) < 4.78 is 32.8. The number of amides is 1. The minimum atomic E-state index is -4.19. The molecule has 1 aliphatic heterocycles. The van der Waals surface area contributed by atoms with Crippen LogP contribution in [0.1, 0.15) is 33.5 Å². The Hall–Kier alpha value is -2.01. The molecule has 0 fully saturated rings. The number of carbonyl (C=O) groups is 1. The lowest BCUT2D eigenvalue weighted by Crippen LogP contribution is -2.50. The maximum absolute atomic E-state index is 13.5. The molecule has 8 nitrogen and oxygen atoms in total. The third-order valence-electron chi connectivity index (χ3n) is 5.61. The van der Waals surface area contributed by atoms with Crippen LogP contribution in [-0.2, 0) is 26.1 Å². The van der Waals surface area contributed by atoms with Crippen LogP contribution in [0.15, 0.2) is 22.1 Å². The zero-order chi connectivity index (χ0) is 24.0. The molecule has 0 aliphatic carbocycles. The zero-order valence-electron chi connectivity index (χ0n) is 18.8. The molecule has 1 aromatic heterocycles. The molecule has 32 heavy (non-hydrogen) atoms. The summed E-state index contributed by atoms with van der Waals surface area (Å²) in [5.74, 6) is -0.938. The van der Waals surface area contributed by atoms with E-state index in [0.29, 0.717) is 17.8 Å². The summed E-state index contributed by atoms with van der Waals surface area (Å²) >= 11 is 7.21. The van der Waals surface area contributed by atoms with E-state index >= 15 is 0 Å². The molecule has 2 aromatic rings. The van der Waals surface area contributed by atoms with Crippen LogP contribution in [0.25, 0.3) is 0 Å². The molecule has 2 heterocycles. The van der Waals surface area contributed by atoms with Crippen LogP contribution in [0.5, 0.6) is 0 Å². The Morgan fingerprint density at radius 1 is 1.31 bits per heavy atom. The average molecular weight is 499 g/mol. The van der Waals surface area contributed by atoms with Gasteiger partial charge in [-0.15, -0.1) is 11.8 Å². The largest absolute Gasteiger partial charge is 0.368 e. The number of primary amides is 1.